The van der Waals surface area contributed by atoms with E-state index in [2.05, 4.69) is 26.6 Å². The maximum Gasteiger partial charge on any atom is 0.313 e. The molecule has 0 aliphatic heterocycles. The van der Waals surface area contributed by atoms with Crippen molar-refractivity contribution < 1.29 is 9.59 Å². The highest BCUT2D eigenvalue weighted by Gasteiger charge is 2.16. The predicted molar refractivity (Wildman–Crippen MR) is 75.4 cm³/mol. The molecule has 5 heteroatoms. The van der Waals surface area contributed by atoms with Gasteiger partial charge in [-0.2, -0.15) is 0 Å². The van der Waals surface area contributed by atoms with Crippen molar-refractivity contribution in [1.82, 2.24) is 5.32 Å². The van der Waals surface area contributed by atoms with Crippen molar-refractivity contribution in [3.63, 3.8) is 0 Å². The molecule has 98 valence electrons. The Morgan fingerprint density at radius 1 is 1.33 bits per heavy atom. The highest BCUT2D eigenvalue weighted by atomic mass is 79.9. The third kappa shape index (κ3) is 4.14. The van der Waals surface area contributed by atoms with Crippen LogP contribution < -0.4 is 10.6 Å². The summed E-state index contributed by atoms with van der Waals surface area (Å²) in [6, 6.07) is 5.49. The fourth-order valence-corrected chi connectivity index (χ4v) is 1.88. The summed E-state index contributed by atoms with van der Waals surface area (Å²) >= 11 is 3.34. The Morgan fingerprint density at radius 2 is 2.00 bits per heavy atom. The van der Waals surface area contributed by atoms with Crippen molar-refractivity contribution in [2.75, 3.05) is 5.32 Å². The first-order chi connectivity index (χ1) is 8.43. The number of rotatable bonds is 3. The van der Waals surface area contributed by atoms with E-state index in [9.17, 15) is 9.59 Å². The van der Waals surface area contributed by atoms with Crippen LogP contribution in [0.25, 0.3) is 0 Å². The summed E-state index contributed by atoms with van der Waals surface area (Å²) < 4.78 is 0.757. The minimum Gasteiger partial charge on any atom is -0.345 e. The van der Waals surface area contributed by atoms with E-state index in [-0.39, 0.29) is 6.04 Å². The van der Waals surface area contributed by atoms with E-state index in [4.69, 9.17) is 0 Å². The Morgan fingerprint density at radius 3 is 2.56 bits per heavy atom. The smallest absolute Gasteiger partial charge is 0.313 e. The van der Waals surface area contributed by atoms with Crippen LogP contribution in [0.4, 0.5) is 5.69 Å². The van der Waals surface area contributed by atoms with Gasteiger partial charge in [-0.3, -0.25) is 9.59 Å². The third-order valence-corrected chi connectivity index (χ3v) is 3.22. The van der Waals surface area contributed by atoms with Gasteiger partial charge in [0.15, 0.2) is 0 Å². The van der Waals surface area contributed by atoms with Gasteiger partial charge in [0, 0.05) is 10.5 Å². The molecule has 0 radical (unpaired) electrons. The van der Waals surface area contributed by atoms with Gasteiger partial charge >= 0.3 is 11.8 Å². The maximum atomic E-state index is 11.7. The first kappa shape index (κ1) is 14.7. The van der Waals surface area contributed by atoms with Crippen LogP contribution in [-0.2, 0) is 9.59 Å². The van der Waals surface area contributed by atoms with Crippen LogP contribution in [0.1, 0.15) is 25.8 Å². The van der Waals surface area contributed by atoms with E-state index >= 15 is 0 Å². The monoisotopic (exact) mass is 312 g/mol. The zero-order valence-corrected chi connectivity index (χ0v) is 12.3. The molecule has 18 heavy (non-hydrogen) atoms. The van der Waals surface area contributed by atoms with Gasteiger partial charge in [-0.15, -0.1) is 0 Å². The lowest BCUT2D eigenvalue weighted by atomic mass is 10.2. The Balaban J connectivity index is 2.67. The maximum absolute atomic E-state index is 11.7. The van der Waals surface area contributed by atoms with E-state index in [1.54, 1.807) is 6.07 Å². The van der Waals surface area contributed by atoms with E-state index in [0.29, 0.717) is 5.69 Å². The zero-order valence-electron chi connectivity index (χ0n) is 10.7. The highest BCUT2D eigenvalue weighted by molar-refractivity contribution is 9.10. The normalized spacial score (nSPS) is 11.8. The second kappa shape index (κ2) is 6.54. The SMILES string of the molecule is CC[C@@H](C)NC(=O)C(=O)Nc1ccc(C)cc1Br. The third-order valence-electron chi connectivity index (χ3n) is 2.57. The number of carbonyl (C=O) groups is 2. The molecule has 2 amide bonds. The largest absolute Gasteiger partial charge is 0.345 e. The summed E-state index contributed by atoms with van der Waals surface area (Å²) in [5.41, 5.74) is 1.66. The van der Waals surface area contributed by atoms with Crippen molar-refractivity contribution in [2.45, 2.75) is 33.2 Å². The lowest BCUT2D eigenvalue weighted by Gasteiger charge is -2.12. The molecule has 0 aromatic heterocycles. The average Bonchev–Trinajstić information content (AvgIpc) is 2.32. The fourth-order valence-electron chi connectivity index (χ4n) is 1.29. The van der Waals surface area contributed by atoms with Crippen molar-refractivity contribution in [1.29, 1.82) is 0 Å². The Labute approximate surface area is 115 Å². The number of benzene rings is 1. The molecule has 0 bridgehead atoms. The number of hydrogen-bond acceptors (Lipinski definition) is 2. The van der Waals surface area contributed by atoms with Crippen LogP contribution >= 0.6 is 15.9 Å². The van der Waals surface area contributed by atoms with Gasteiger partial charge < -0.3 is 10.6 Å². The number of nitrogens with one attached hydrogen (secondary N) is 2. The van der Waals surface area contributed by atoms with Crippen molar-refractivity contribution in [3.8, 4) is 0 Å². The second-order valence-electron chi connectivity index (χ2n) is 4.22. The lowest BCUT2D eigenvalue weighted by molar-refractivity contribution is -0.136. The number of halogens is 1. The van der Waals surface area contributed by atoms with Crippen LogP contribution in [0, 0.1) is 6.92 Å². The molecule has 0 aliphatic rings. The quantitative estimate of drug-likeness (QED) is 0.843. The summed E-state index contributed by atoms with van der Waals surface area (Å²) in [4.78, 5) is 23.2. The highest BCUT2D eigenvalue weighted by Crippen LogP contribution is 2.23. The topological polar surface area (TPSA) is 58.2 Å². The summed E-state index contributed by atoms with van der Waals surface area (Å²) in [7, 11) is 0. The number of hydrogen-bond donors (Lipinski definition) is 2. The van der Waals surface area contributed by atoms with Crippen LogP contribution in [0.2, 0.25) is 0 Å². The van der Waals surface area contributed by atoms with Gasteiger partial charge in [0.2, 0.25) is 0 Å². The summed E-state index contributed by atoms with van der Waals surface area (Å²) in [6.07, 6.45) is 0.785. The van der Waals surface area contributed by atoms with Crippen LogP contribution in [-0.4, -0.2) is 17.9 Å². The standard InChI is InChI=1S/C13H17BrN2O2/c1-4-9(3)15-12(17)13(18)16-11-6-5-8(2)7-10(11)14/h5-7,9H,4H2,1-3H3,(H,15,17)(H,16,18)/t9-/m1/s1. The number of amides is 2. The van der Waals surface area contributed by atoms with E-state index in [1.165, 1.54) is 0 Å². The first-order valence-electron chi connectivity index (χ1n) is 5.82. The van der Waals surface area contributed by atoms with E-state index < -0.39 is 11.8 Å². The Bertz CT molecular complexity index is 460. The summed E-state index contributed by atoms with van der Waals surface area (Å²) in [6.45, 7) is 5.75. The van der Waals surface area contributed by atoms with Gasteiger partial charge in [-0.1, -0.05) is 13.0 Å². The molecule has 0 unspecified atom stereocenters. The van der Waals surface area contributed by atoms with Crippen molar-refractivity contribution >= 4 is 33.4 Å². The molecule has 0 aliphatic carbocycles. The fraction of sp³-hybridized carbons (Fsp3) is 0.385. The number of anilines is 1. The molecule has 0 saturated heterocycles. The molecule has 0 spiro atoms. The molecule has 2 N–H and O–H groups in total. The summed E-state index contributed by atoms with van der Waals surface area (Å²) in [5, 5.41) is 5.18. The molecule has 1 aromatic rings. The minimum atomic E-state index is -0.653. The van der Waals surface area contributed by atoms with Gasteiger partial charge in [-0.05, 0) is 53.9 Å². The van der Waals surface area contributed by atoms with Crippen molar-refractivity contribution in [2.24, 2.45) is 0 Å². The number of aryl methyl sites for hydroxylation is 1. The lowest BCUT2D eigenvalue weighted by Crippen LogP contribution is -2.40. The van der Waals surface area contributed by atoms with Gasteiger partial charge in [-0.25, -0.2) is 0 Å². The van der Waals surface area contributed by atoms with Crippen LogP contribution in [0.5, 0.6) is 0 Å². The molecule has 0 fully saturated rings. The molecular formula is C13H17BrN2O2. The molecule has 4 nitrogen and oxygen atoms in total. The molecule has 1 aromatic carbocycles. The summed E-state index contributed by atoms with van der Waals surface area (Å²) in [5.74, 6) is -1.27. The molecule has 0 heterocycles. The van der Waals surface area contributed by atoms with Gasteiger partial charge in [0.05, 0.1) is 5.69 Å². The van der Waals surface area contributed by atoms with E-state index in [1.807, 2.05) is 32.9 Å². The average molecular weight is 313 g/mol. The molecular weight excluding hydrogens is 296 g/mol. The molecule has 0 saturated carbocycles. The van der Waals surface area contributed by atoms with Crippen LogP contribution in [0.15, 0.2) is 22.7 Å². The van der Waals surface area contributed by atoms with Gasteiger partial charge in [0.25, 0.3) is 0 Å². The Kier molecular flexibility index (Phi) is 5.34. The van der Waals surface area contributed by atoms with E-state index in [0.717, 1.165) is 16.5 Å². The first-order valence-corrected chi connectivity index (χ1v) is 6.61. The molecule has 1 rings (SSSR count). The van der Waals surface area contributed by atoms with Crippen molar-refractivity contribution in [3.05, 3.63) is 28.2 Å². The minimum absolute atomic E-state index is 0.00953. The number of carbonyl (C=O) groups excluding carboxylic acids is 2. The van der Waals surface area contributed by atoms with Crippen LogP contribution in [0.3, 0.4) is 0 Å². The predicted octanol–water partition coefficient (Wildman–Crippen LogP) is 2.61. The second-order valence-corrected chi connectivity index (χ2v) is 5.07. The zero-order chi connectivity index (χ0) is 13.7. The Hall–Kier alpha value is -1.36. The molecule has 1 atom stereocenters. The van der Waals surface area contributed by atoms with Gasteiger partial charge in [0.1, 0.15) is 0 Å².